The minimum Gasteiger partial charge on any atom is -0.494 e. The molecule has 106 valence electrons. The van der Waals surface area contributed by atoms with Gasteiger partial charge in [-0.25, -0.2) is 0 Å². The van der Waals surface area contributed by atoms with Gasteiger partial charge in [0.25, 0.3) is 0 Å². The normalized spacial score (nSPS) is 18.7. The molecular weight excluding hydrogens is 238 g/mol. The molecule has 1 heterocycles. The summed E-state index contributed by atoms with van der Waals surface area (Å²) in [6.45, 7) is 7.69. The van der Waals surface area contributed by atoms with Gasteiger partial charge in [-0.15, -0.1) is 0 Å². The quantitative estimate of drug-likeness (QED) is 0.820. The molecule has 0 bridgehead atoms. The third-order valence-corrected chi connectivity index (χ3v) is 4.18. The van der Waals surface area contributed by atoms with Gasteiger partial charge in [-0.1, -0.05) is 25.5 Å². The minimum atomic E-state index is 0.183. The largest absolute Gasteiger partial charge is 0.494 e. The Labute approximate surface area is 116 Å². The molecule has 0 radical (unpaired) electrons. The highest BCUT2D eigenvalue weighted by molar-refractivity contribution is 5.35. The lowest BCUT2D eigenvalue weighted by atomic mass is 9.67. The van der Waals surface area contributed by atoms with Gasteiger partial charge in [0.05, 0.1) is 19.8 Å². The second kappa shape index (κ2) is 6.40. The number of benzene rings is 1. The van der Waals surface area contributed by atoms with Crippen LogP contribution in [0.3, 0.4) is 0 Å². The molecule has 0 saturated carbocycles. The summed E-state index contributed by atoms with van der Waals surface area (Å²) in [5, 5.41) is 3.31. The first-order valence-corrected chi connectivity index (χ1v) is 7.22. The summed E-state index contributed by atoms with van der Waals surface area (Å²) >= 11 is 0. The summed E-state index contributed by atoms with van der Waals surface area (Å²) < 4.78 is 11.1. The van der Waals surface area contributed by atoms with E-state index < -0.39 is 0 Å². The van der Waals surface area contributed by atoms with E-state index in [0.29, 0.717) is 12.5 Å². The van der Waals surface area contributed by atoms with Crippen molar-refractivity contribution in [2.45, 2.75) is 25.7 Å². The van der Waals surface area contributed by atoms with Crippen molar-refractivity contribution < 1.29 is 9.47 Å². The molecule has 1 aliphatic rings. The van der Waals surface area contributed by atoms with Gasteiger partial charge in [0.15, 0.2) is 0 Å². The average molecular weight is 263 g/mol. The molecule has 1 atom stereocenters. The summed E-state index contributed by atoms with van der Waals surface area (Å²) in [5.41, 5.74) is 1.56. The van der Waals surface area contributed by atoms with Crippen LogP contribution in [0.5, 0.6) is 5.75 Å². The Morgan fingerprint density at radius 1 is 1.26 bits per heavy atom. The van der Waals surface area contributed by atoms with E-state index in [4.69, 9.17) is 9.47 Å². The predicted octanol–water partition coefficient (Wildman–Crippen LogP) is 2.60. The standard InChI is InChI=1S/C16H25NO2/c1-4-13(10-17-3)16(11-18-12-16)14-6-8-15(9-7-14)19-5-2/h6-9,13,17H,4-5,10-12H2,1-3H3. The van der Waals surface area contributed by atoms with E-state index in [0.717, 1.165) is 31.9 Å². The zero-order chi connectivity index (χ0) is 13.7. The molecule has 0 aromatic heterocycles. The van der Waals surface area contributed by atoms with Crippen molar-refractivity contribution in [1.29, 1.82) is 0 Å². The SMILES string of the molecule is CCOc1ccc(C2(C(CC)CNC)COC2)cc1. The van der Waals surface area contributed by atoms with Crippen LogP contribution in [0.1, 0.15) is 25.8 Å². The number of ether oxygens (including phenoxy) is 2. The zero-order valence-electron chi connectivity index (χ0n) is 12.2. The fraction of sp³-hybridized carbons (Fsp3) is 0.625. The fourth-order valence-corrected chi connectivity index (χ4v) is 2.99. The Kier molecular flexibility index (Phi) is 4.83. The lowest BCUT2D eigenvalue weighted by molar-refractivity contribution is -0.0909. The monoisotopic (exact) mass is 263 g/mol. The molecule has 3 heteroatoms. The number of rotatable bonds is 7. The van der Waals surface area contributed by atoms with Gasteiger partial charge in [0.2, 0.25) is 0 Å². The Balaban J connectivity index is 2.20. The Morgan fingerprint density at radius 2 is 1.95 bits per heavy atom. The van der Waals surface area contributed by atoms with E-state index in [-0.39, 0.29) is 5.41 Å². The molecule has 1 fully saturated rings. The third-order valence-electron chi connectivity index (χ3n) is 4.18. The third kappa shape index (κ3) is 2.77. The molecule has 3 nitrogen and oxygen atoms in total. The second-order valence-corrected chi connectivity index (χ2v) is 5.27. The van der Waals surface area contributed by atoms with Crippen LogP contribution in [0.2, 0.25) is 0 Å². The highest BCUT2D eigenvalue weighted by atomic mass is 16.5. The molecule has 0 amide bonds. The highest BCUT2D eigenvalue weighted by Gasteiger charge is 2.45. The van der Waals surface area contributed by atoms with Crippen molar-refractivity contribution in [3.8, 4) is 5.75 Å². The van der Waals surface area contributed by atoms with E-state index in [1.54, 1.807) is 0 Å². The number of hydrogen-bond donors (Lipinski definition) is 1. The molecule has 1 unspecified atom stereocenters. The van der Waals surface area contributed by atoms with E-state index in [1.165, 1.54) is 5.56 Å². The van der Waals surface area contributed by atoms with Crippen molar-refractivity contribution in [3.05, 3.63) is 29.8 Å². The van der Waals surface area contributed by atoms with E-state index >= 15 is 0 Å². The average Bonchev–Trinajstić information content (AvgIpc) is 2.38. The lowest BCUT2D eigenvalue weighted by Crippen LogP contribution is -2.54. The van der Waals surface area contributed by atoms with Crippen molar-refractivity contribution in [1.82, 2.24) is 5.32 Å². The van der Waals surface area contributed by atoms with Crippen LogP contribution in [0.15, 0.2) is 24.3 Å². The number of nitrogens with one attached hydrogen (secondary N) is 1. The first-order valence-electron chi connectivity index (χ1n) is 7.22. The highest BCUT2D eigenvalue weighted by Crippen LogP contribution is 2.41. The van der Waals surface area contributed by atoms with Crippen LogP contribution in [-0.2, 0) is 10.2 Å². The van der Waals surface area contributed by atoms with Gasteiger partial charge < -0.3 is 14.8 Å². The maximum absolute atomic E-state index is 5.54. The van der Waals surface area contributed by atoms with Gasteiger partial charge in [0, 0.05) is 5.41 Å². The van der Waals surface area contributed by atoms with Gasteiger partial charge in [0.1, 0.15) is 5.75 Å². The first kappa shape index (κ1) is 14.4. The van der Waals surface area contributed by atoms with Gasteiger partial charge in [-0.05, 0) is 44.1 Å². The van der Waals surface area contributed by atoms with Gasteiger partial charge in [-0.3, -0.25) is 0 Å². The molecule has 1 aliphatic heterocycles. The van der Waals surface area contributed by atoms with Crippen molar-refractivity contribution in [3.63, 3.8) is 0 Å². The first-order chi connectivity index (χ1) is 9.26. The molecule has 19 heavy (non-hydrogen) atoms. The molecule has 0 spiro atoms. The molecule has 1 aromatic rings. The van der Waals surface area contributed by atoms with Crippen molar-refractivity contribution in [2.75, 3.05) is 33.4 Å². The molecule has 2 rings (SSSR count). The van der Waals surface area contributed by atoms with Crippen LogP contribution in [0, 0.1) is 5.92 Å². The smallest absolute Gasteiger partial charge is 0.119 e. The lowest BCUT2D eigenvalue weighted by Gasteiger charge is -2.47. The van der Waals surface area contributed by atoms with E-state index in [9.17, 15) is 0 Å². The molecule has 1 N–H and O–H groups in total. The Hall–Kier alpha value is -1.06. The fourth-order valence-electron chi connectivity index (χ4n) is 2.99. The van der Waals surface area contributed by atoms with Crippen LogP contribution in [0.4, 0.5) is 0 Å². The van der Waals surface area contributed by atoms with Crippen molar-refractivity contribution in [2.24, 2.45) is 5.92 Å². The Morgan fingerprint density at radius 3 is 2.37 bits per heavy atom. The summed E-state index contributed by atoms with van der Waals surface area (Å²) in [6.07, 6.45) is 1.16. The zero-order valence-corrected chi connectivity index (χ0v) is 12.2. The minimum absolute atomic E-state index is 0.183. The van der Waals surface area contributed by atoms with Crippen LogP contribution in [0.25, 0.3) is 0 Å². The summed E-state index contributed by atoms with van der Waals surface area (Å²) in [5.74, 6) is 1.56. The molecular formula is C16H25NO2. The van der Waals surface area contributed by atoms with E-state index in [1.807, 2.05) is 14.0 Å². The van der Waals surface area contributed by atoms with Gasteiger partial charge >= 0.3 is 0 Å². The maximum Gasteiger partial charge on any atom is 0.119 e. The van der Waals surface area contributed by atoms with E-state index in [2.05, 4.69) is 36.5 Å². The summed E-state index contributed by atoms with van der Waals surface area (Å²) in [6, 6.07) is 8.55. The van der Waals surface area contributed by atoms with Crippen LogP contribution < -0.4 is 10.1 Å². The molecule has 1 saturated heterocycles. The molecule has 0 aliphatic carbocycles. The van der Waals surface area contributed by atoms with Crippen LogP contribution in [-0.4, -0.2) is 33.4 Å². The predicted molar refractivity (Wildman–Crippen MR) is 77.8 cm³/mol. The Bertz CT molecular complexity index is 384. The van der Waals surface area contributed by atoms with Crippen LogP contribution >= 0.6 is 0 Å². The summed E-state index contributed by atoms with van der Waals surface area (Å²) in [7, 11) is 2.02. The maximum atomic E-state index is 5.54. The molecule has 1 aromatic carbocycles. The number of hydrogen-bond acceptors (Lipinski definition) is 3. The topological polar surface area (TPSA) is 30.5 Å². The van der Waals surface area contributed by atoms with Crippen molar-refractivity contribution >= 4 is 0 Å². The summed E-state index contributed by atoms with van der Waals surface area (Å²) in [4.78, 5) is 0. The second-order valence-electron chi connectivity index (χ2n) is 5.27. The van der Waals surface area contributed by atoms with Gasteiger partial charge in [-0.2, -0.15) is 0 Å².